The molecule has 1 heterocycles. The number of rotatable bonds is 16. The lowest BCUT2D eigenvalue weighted by molar-refractivity contribution is -0.132. The monoisotopic (exact) mass is 654 g/mol. The van der Waals surface area contributed by atoms with E-state index in [0.29, 0.717) is 38.5 Å². The standard InChI is InChI=1S/C41H58N4O3/c1-31(2)27-38(44(6)29-33-15-19-35(20-16-33)41(3,4)5)40(47)43-37(39(46)42-23-26-45-24-11-8-12-25-45)28-32-17-21-36(22-18-32)48-30-34-13-9-7-10-14-34/h7,9-10,13-22,31,37-38H,8,11-12,23-30H2,1-6H3,(H,42,46)(H,43,47). The summed E-state index contributed by atoms with van der Waals surface area (Å²) in [5.41, 5.74) is 4.60. The maximum Gasteiger partial charge on any atom is 0.242 e. The summed E-state index contributed by atoms with van der Waals surface area (Å²) in [7, 11) is 2.01. The molecule has 4 rings (SSSR count). The molecule has 260 valence electrons. The van der Waals surface area contributed by atoms with Crippen molar-refractivity contribution in [3.8, 4) is 5.75 Å². The van der Waals surface area contributed by atoms with Gasteiger partial charge in [0.25, 0.3) is 0 Å². The van der Waals surface area contributed by atoms with Gasteiger partial charge in [-0.15, -0.1) is 0 Å². The van der Waals surface area contributed by atoms with Crippen LogP contribution in [0.4, 0.5) is 0 Å². The van der Waals surface area contributed by atoms with E-state index in [-0.39, 0.29) is 23.3 Å². The Kier molecular flexibility index (Phi) is 14.1. The lowest BCUT2D eigenvalue weighted by Gasteiger charge is -2.31. The molecule has 2 atom stereocenters. The molecule has 0 saturated carbocycles. The van der Waals surface area contributed by atoms with E-state index < -0.39 is 6.04 Å². The number of carbonyl (C=O) groups excluding carboxylic acids is 2. The smallest absolute Gasteiger partial charge is 0.242 e. The third-order valence-electron chi connectivity index (χ3n) is 9.20. The van der Waals surface area contributed by atoms with Crippen molar-refractivity contribution < 1.29 is 14.3 Å². The Hall–Kier alpha value is -3.68. The fourth-order valence-electron chi connectivity index (χ4n) is 6.26. The lowest BCUT2D eigenvalue weighted by Crippen LogP contribution is -2.54. The zero-order chi connectivity index (χ0) is 34.5. The van der Waals surface area contributed by atoms with Crippen LogP contribution in [0.3, 0.4) is 0 Å². The van der Waals surface area contributed by atoms with Crippen LogP contribution in [-0.4, -0.2) is 66.9 Å². The van der Waals surface area contributed by atoms with E-state index in [9.17, 15) is 9.59 Å². The molecule has 0 spiro atoms. The van der Waals surface area contributed by atoms with Crippen molar-refractivity contribution in [1.82, 2.24) is 20.4 Å². The van der Waals surface area contributed by atoms with Crippen molar-refractivity contribution in [2.75, 3.05) is 33.2 Å². The second-order valence-electron chi connectivity index (χ2n) is 14.9. The molecule has 0 bridgehead atoms. The summed E-state index contributed by atoms with van der Waals surface area (Å²) < 4.78 is 5.98. The van der Waals surface area contributed by atoms with Crippen LogP contribution in [0.2, 0.25) is 0 Å². The Morgan fingerprint density at radius 3 is 2.10 bits per heavy atom. The summed E-state index contributed by atoms with van der Waals surface area (Å²) in [6.45, 7) is 15.6. The largest absolute Gasteiger partial charge is 0.489 e. The lowest BCUT2D eigenvalue weighted by atomic mass is 9.86. The molecule has 1 saturated heterocycles. The molecular formula is C41H58N4O3. The summed E-state index contributed by atoms with van der Waals surface area (Å²) in [5, 5.41) is 6.32. The first-order chi connectivity index (χ1) is 23.0. The second kappa shape index (κ2) is 18.2. The van der Waals surface area contributed by atoms with E-state index in [1.54, 1.807) is 0 Å². The maximum atomic E-state index is 14.0. The molecule has 2 amide bonds. The van der Waals surface area contributed by atoms with Crippen molar-refractivity contribution >= 4 is 11.8 Å². The average Bonchev–Trinajstić information content (AvgIpc) is 3.07. The first kappa shape index (κ1) is 37.1. The molecule has 7 nitrogen and oxygen atoms in total. The van der Waals surface area contributed by atoms with Crippen LogP contribution in [0.25, 0.3) is 0 Å². The van der Waals surface area contributed by atoms with Gasteiger partial charge in [-0.25, -0.2) is 0 Å². The van der Waals surface area contributed by atoms with Crippen LogP contribution in [0, 0.1) is 5.92 Å². The highest BCUT2D eigenvalue weighted by Crippen LogP contribution is 2.23. The van der Waals surface area contributed by atoms with Gasteiger partial charge in [0, 0.05) is 26.1 Å². The van der Waals surface area contributed by atoms with Crippen LogP contribution < -0.4 is 15.4 Å². The summed E-state index contributed by atoms with van der Waals surface area (Å²) in [6.07, 6.45) is 4.79. The molecular weight excluding hydrogens is 596 g/mol. The molecule has 0 aromatic heterocycles. The van der Waals surface area contributed by atoms with Gasteiger partial charge in [-0.1, -0.05) is 108 Å². The maximum absolute atomic E-state index is 14.0. The van der Waals surface area contributed by atoms with Gasteiger partial charge in [0.2, 0.25) is 11.8 Å². The van der Waals surface area contributed by atoms with Gasteiger partial charge < -0.3 is 20.3 Å². The summed E-state index contributed by atoms with van der Waals surface area (Å²) in [5.74, 6) is 0.819. The van der Waals surface area contributed by atoms with Gasteiger partial charge in [0.05, 0.1) is 6.04 Å². The molecule has 7 heteroatoms. The molecule has 2 N–H and O–H groups in total. The van der Waals surface area contributed by atoms with Gasteiger partial charge >= 0.3 is 0 Å². The van der Waals surface area contributed by atoms with E-state index in [2.05, 4.69) is 79.3 Å². The molecule has 1 aliphatic heterocycles. The minimum atomic E-state index is -0.691. The Morgan fingerprint density at radius 1 is 0.833 bits per heavy atom. The predicted molar refractivity (Wildman–Crippen MR) is 196 cm³/mol. The second-order valence-corrected chi connectivity index (χ2v) is 14.9. The molecule has 48 heavy (non-hydrogen) atoms. The van der Waals surface area contributed by atoms with Crippen molar-refractivity contribution in [2.24, 2.45) is 5.92 Å². The number of amides is 2. The number of ether oxygens (including phenoxy) is 1. The first-order valence-corrected chi connectivity index (χ1v) is 17.8. The Morgan fingerprint density at radius 2 is 1.48 bits per heavy atom. The van der Waals surface area contributed by atoms with Crippen LogP contribution >= 0.6 is 0 Å². The predicted octanol–water partition coefficient (Wildman–Crippen LogP) is 6.74. The number of nitrogens with zero attached hydrogens (tertiary/aromatic N) is 2. The Bertz CT molecular complexity index is 1390. The van der Waals surface area contributed by atoms with Gasteiger partial charge in [0.15, 0.2) is 0 Å². The van der Waals surface area contributed by atoms with E-state index in [1.165, 1.54) is 24.8 Å². The van der Waals surface area contributed by atoms with Crippen molar-refractivity contribution in [3.05, 3.63) is 101 Å². The van der Waals surface area contributed by atoms with Crippen LogP contribution in [-0.2, 0) is 34.6 Å². The molecule has 2 unspecified atom stereocenters. The van der Waals surface area contributed by atoms with Crippen molar-refractivity contribution in [3.63, 3.8) is 0 Å². The number of likely N-dealkylation sites (tertiary alicyclic amines) is 1. The number of hydrogen-bond acceptors (Lipinski definition) is 5. The average molecular weight is 655 g/mol. The normalized spacial score (nSPS) is 15.2. The van der Waals surface area contributed by atoms with Crippen molar-refractivity contribution in [1.29, 1.82) is 0 Å². The molecule has 3 aromatic carbocycles. The molecule has 0 aliphatic carbocycles. The minimum Gasteiger partial charge on any atom is -0.489 e. The van der Waals surface area contributed by atoms with E-state index in [4.69, 9.17) is 4.74 Å². The van der Waals surface area contributed by atoms with E-state index in [0.717, 1.165) is 42.1 Å². The highest BCUT2D eigenvalue weighted by molar-refractivity contribution is 5.90. The number of carbonyl (C=O) groups is 2. The molecule has 0 radical (unpaired) electrons. The van der Waals surface area contributed by atoms with Crippen LogP contribution in [0.15, 0.2) is 78.9 Å². The molecule has 3 aromatic rings. The number of hydrogen-bond donors (Lipinski definition) is 2. The fraction of sp³-hybridized carbons (Fsp3) is 0.512. The minimum absolute atomic E-state index is 0.0867. The summed E-state index contributed by atoms with van der Waals surface area (Å²) in [4.78, 5) is 32.2. The van der Waals surface area contributed by atoms with Gasteiger partial charge in [-0.05, 0) is 85.1 Å². The van der Waals surface area contributed by atoms with Crippen molar-refractivity contribution in [2.45, 2.75) is 97.4 Å². The number of likely N-dealkylation sites (N-methyl/N-ethyl adjacent to an activating group) is 1. The third kappa shape index (κ3) is 12.1. The third-order valence-corrected chi connectivity index (χ3v) is 9.20. The number of nitrogens with one attached hydrogen (secondary N) is 2. The van der Waals surface area contributed by atoms with E-state index >= 15 is 0 Å². The SMILES string of the molecule is CC(C)CC(C(=O)NC(Cc1ccc(OCc2ccccc2)cc1)C(=O)NCCN1CCCCC1)N(C)Cc1ccc(C(C)(C)C)cc1. The molecule has 1 aliphatic rings. The van der Waals surface area contributed by atoms with E-state index in [1.807, 2.05) is 61.6 Å². The Balaban J connectivity index is 1.44. The fourth-order valence-corrected chi connectivity index (χ4v) is 6.26. The molecule has 1 fully saturated rings. The van der Waals surface area contributed by atoms with Gasteiger partial charge in [-0.3, -0.25) is 14.5 Å². The highest BCUT2D eigenvalue weighted by Gasteiger charge is 2.29. The summed E-state index contributed by atoms with van der Waals surface area (Å²) >= 11 is 0. The first-order valence-electron chi connectivity index (χ1n) is 17.8. The van der Waals surface area contributed by atoms with Crippen LogP contribution in [0.5, 0.6) is 5.75 Å². The Labute approximate surface area is 289 Å². The number of benzene rings is 3. The quantitative estimate of drug-likeness (QED) is 0.179. The topological polar surface area (TPSA) is 73.9 Å². The highest BCUT2D eigenvalue weighted by atomic mass is 16.5. The zero-order valence-electron chi connectivity index (χ0n) is 30.1. The summed E-state index contributed by atoms with van der Waals surface area (Å²) in [6, 6.07) is 25.5. The number of piperidine rings is 1. The zero-order valence-corrected chi connectivity index (χ0v) is 30.1. The van der Waals surface area contributed by atoms with Crippen LogP contribution in [0.1, 0.15) is 82.6 Å². The van der Waals surface area contributed by atoms with Gasteiger partial charge in [0.1, 0.15) is 18.4 Å². The van der Waals surface area contributed by atoms with Gasteiger partial charge in [-0.2, -0.15) is 0 Å².